The molecule has 2 aromatic rings. The van der Waals surface area contributed by atoms with Crippen molar-refractivity contribution in [1.29, 1.82) is 0 Å². The highest BCUT2D eigenvalue weighted by atomic mass is 19.1. The average molecular weight is 336 g/mol. The zero-order chi connectivity index (χ0) is 17.5. The normalized spacial score (nSPS) is 10.5. The Labute approximate surface area is 138 Å². The molecular formula is C16H18F2N4O2. The van der Waals surface area contributed by atoms with Crippen molar-refractivity contribution in [2.24, 2.45) is 0 Å². The minimum Gasteiger partial charge on any atom is -0.385 e. The molecule has 1 heterocycles. The molecule has 128 valence electrons. The summed E-state index contributed by atoms with van der Waals surface area (Å²) in [5, 5.41) is 5.36. The number of anilines is 2. The monoisotopic (exact) mass is 336 g/mol. The van der Waals surface area contributed by atoms with Crippen LogP contribution in [0.2, 0.25) is 0 Å². The summed E-state index contributed by atoms with van der Waals surface area (Å²) >= 11 is 0. The predicted octanol–water partition coefficient (Wildman–Crippen LogP) is 2.57. The quantitative estimate of drug-likeness (QED) is 0.760. The lowest BCUT2D eigenvalue weighted by molar-refractivity contribution is 0.0943. The lowest BCUT2D eigenvalue weighted by Crippen LogP contribution is -2.26. The van der Waals surface area contributed by atoms with E-state index in [1.165, 1.54) is 12.1 Å². The Kier molecular flexibility index (Phi) is 6.14. The fraction of sp³-hybridized carbons (Fsp3) is 0.312. The van der Waals surface area contributed by atoms with Crippen LogP contribution in [-0.2, 0) is 4.74 Å². The lowest BCUT2D eigenvalue weighted by atomic mass is 10.3. The molecule has 1 aromatic carbocycles. The number of aromatic nitrogens is 2. The molecule has 0 unspecified atom stereocenters. The van der Waals surface area contributed by atoms with Gasteiger partial charge in [0, 0.05) is 32.0 Å². The highest BCUT2D eigenvalue weighted by molar-refractivity contribution is 5.92. The summed E-state index contributed by atoms with van der Waals surface area (Å²) in [6, 6.07) is 4.63. The number of carbonyl (C=O) groups excluding carboxylic acids is 1. The summed E-state index contributed by atoms with van der Waals surface area (Å²) in [4.78, 5) is 20.3. The molecule has 0 atom stereocenters. The second kappa shape index (κ2) is 8.30. The highest BCUT2D eigenvalue weighted by Crippen LogP contribution is 2.19. The second-order valence-electron chi connectivity index (χ2n) is 5.07. The van der Waals surface area contributed by atoms with Crippen molar-refractivity contribution in [3.63, 3.8) is 0 Å². The Bertz CT molecular complexity index is 725. The fourth-order valence-electron chi connectivity index (χ4n) is 1.96. The maximum absolute atomic E-state index is 13.7. The molecule has 0 aliphatic carbocycles. The van der Waals surface area contributed by atoms with Crippen molar-refractivity contribution < 1.29 is 18.3 Å². The Morgan fingerprint density at radius 3 is 2.75 bits per heavy atom. The Morgan fingerprint density at radius 1 is 1.25 bits per heavy atom. The molecule has 1 aromatic heterocycles. The van der Waals surface area contributed by atoms with Gasteiger partial charge in [0.25, 0.3) is 5.91 Å². The molecule has 0 saturated carbocycles. The average Bonchev–Trinajstić information content (AvgIpc) is 2.53. The van der Waals surface area contributed by atoms with Gasteiger partial charge in [0.1, 0.15) is 17.3 Å². The van der Waals surface area contributed by atoms with Crippen LogP contribution in [0.25, 0.3) is 0 Å². The van der Waals surface area contributed by atoms with E-state index in [1.54, 1.807) is 14.0 Å². The molecule has 2 N–H and O–H groups in total. The van der Waals surface area contributed by atoms with Gasteiger partial charge in [-0.25, -0.2) is 18.7 Å². The number of nitrogens with zero attached hydrogens (tertiary/aromatic N) is 2. The third-order valence-electron chi connectivity index (χ3n) is 3.08. The first-order valence-corrected chi connectivity index (χ1v) is 7.34. The highest BCUT2D eigenvalue weighted by Gasteiger charge is 2.12. The van der Waals surface area contributed by atoms with Gasteiger partial charge in [-0.3, -0.25) is 4.79 Å². The van der Waals surface area contributed by atoms with Crippen molar-refractivity contribution in [3.05, 3.63) is 47.3 Å². The van der Waals surface area contributed by atoms with E-state index in [0.717, 1.165) is 12.1 Å². The van der Waals surface area contributed by atoms with Crippen molar-refractivity contribution in [2.75, 3.05) is 25.6 Å². The minimum absolute atomic E-state index is 0.0217. The van der Waals surface area contributed by atoms with Crippen LogP contribution in [0.5, 0.6) is 0 Å². The number of rotatable bonds is 7. The molecule has 0 aliphatic rings. The molecule has 0 fully saturated rings. The zero-order valence-electron chi connectivity index (χ0n) is 13.4. The summed E-state index contributed by atoms with van der Waals surface area (Å²) < 4.78 is 31.5. The van der Waals surface area contributed by atoms with Crippen molar-refractivity contribution >= 4 is 17.5 Å². The number of methoxy groups -OCH3 is 1. The van der Waals surface area contributed by atoms with Gasteiger partial charge in [-0.05, 0) is 31.5 Å². The minimum atomic E-state index is -0.773. The number of hydrogen-bond donors (Lipinski definition) is 2. The molecule has 8 heteroatoms. The van der Waals surface area contributed by atoms with E-state index in [9.17, 15) is 13.6 Å². The van der Waals surface area contributed by atoms with Gasteiger partial charge >= 0.3 is 0 Å². The third-order valence-corrected chi connectivity index (χ3v) is 3.08. The Hall–Kier alpha value is -2.61. The van der Waals surface area contributed by atoms with Gasteiger partial charge in [-0.15, -0.1) is 0 Å². The standard InChI is InChI=1S/C16H18F2N4O2/c1-10-8-14(15(23)19-6-3-7-24-2)22-16(20-10)21-13-5-4-11(17)9-12(13)18/h4-5,8-9H,3,6-7H2,1-2H3,(H,19,23)(H,20,21,22). The number of halogens is 2. The van der Waals surface area contributed by atoms with E-state index in [-0.39, 0.29) is 23.2 Å². The van der Waals surface area contributed by atoms with Gasteiger partial charge in [0.2, 0.25) is 5.95 Å². The maximum Gasteiger partial charge on any atom is 0.270 e. The van der Waals surface area contributed by atoms with Crippen LogP contribution in [0.15, 0.2) is 24.3 Å². The molecule has 0 saturated heterocycles. The fourth-order valence-corrected chi connectivity index (χ4v) is 1.96. The van der Waals surface area contributed by atoms with Crippen LogP contribution >= 0.6 is 0 Å². The van der Waals surface area contributed by atoms with Crippen LogP contribution in [0, 0.1) is 18.6 Å². The SMILES string of the molecule is COCCCNC(=O)c1cc(C)nc(Nc2ccc(F)cc2F)n1. The molecule has 24 heavy (non-hydrogen) atoms. The number of benzene rings is 1. The zero-order valence-corrected chi connectivity index (χ0v) is 13.4. The van der Waals surface area contributed by atoms with E-state index < -0.39 is 11.6 Å². The number of nitrogens with one attached hydrogen (secondary N) is 2. The first-order valence-electron chi connectivity index (χ1n) is 7.34. The molecule has 0 spiro atoms. The summed E-state index contributed by atoms with van der Waals surface area (Å²) in [7, 11) is 1.59. The van der Waals surface area contributed by atoms with E-state index in [4.69, 9.17) is 4.74 Å². The van der Waals surface area contributed by atoms with Crippen LogP contribution in [0.3, 0.4) is 0 Å². The van der Waals surface area contributed by atoms with Crippen molar-refractivity contribution in [3.8, 4) is 0 Å². The van der Waals surface area contributed by atoms with Crippen LogP contribution < -0.4 is 10.6 Å². The van der Waals surface area contributed by atoms with E-state index in [2.05, 4.69) is 20.6 Å². The molecule has 0 radical (unpaired) electrons. The van der Waals surface area contributed by atoms with Crippen LogP contribution in [0.1, 0.15) is 22.6 Å². The Morgan fingerprint density at radius 2 is 2.04 bits per heavy atom. The van der Waals surface area contributed by atoms with E-state index in [1.807, 2.05) is 0 Å². The third kappa shape index (κ3) is 4.95. The largest absolute Gasteiger partial charge is 0.385 e. The van der Waals surface area contributed by atoms with Crippen molar-refractivity contribution in [1.82, 2.24) is 15.3 Å². The molecule has 2 rings (SSSR count). The van der Waals surface area contributed by atoms with E-state index >= 15 is 0 Å². The summed E-state index contributed by atoms with van der Waals surface area (Å²) in [6.45, 7) is 2.68. The van der Waals surface area contributed by atoms with Gasteiger partial charge in [-0.2, -0.15) is 0 Å². The predicted molar refractivity (Wildman–Crippen MR) is 85.2 cm³/mol. The summed E-state index contributed by atoms with van der Waals surface area (Å²) in [5.74, 6) is -1.76. The van der Waals surface area contributed by atoms with Gasteiger partial charge in [-0.1, -0.05) is 0 Å². The number of carbonyl (C=O) groups is 1. The van der Waals surface area contributed by atoms with Gasteiger partial charge in [0.15, 0.2) is 0 Å². The van der Waals surface area contributed by atoms with Crippen LogP contribution in [-0.4, -0.2) is 36.1 Å². The number of ether oxygens (including phenoxy) is 1. The molecule has 0 bridgehead atoms. The molecule has 0 aliphatic heterocycles. The van der Waals surface area contributed by atoms with E-state index in [0.29, 0.717) is 25.3 Å². The number of aryl methyl sites for hydroxylation is 1. The molecular weight excluding hydrogens is 318 g/mol. The van der Waals surface area contributed by atoms with Gasteiger partial charge < -0.3 is 15.4 Å². The lowest BCUT2D eigenvalue weighted by Gasteiger charge is -2.09. The van der Waals surface area contributed by atoms with Gasteiger partial charge in [0.05, 0.1) is 5.69 Å². The van der Waals surface area contributed by atoms with Crippen LogP contribution in [0.4, 0.5) is 20.4 Å². The molecule has 1 amide bonds. The Balaban J connectivity index is 2.11. The summed E-state index contributed by atoms with van der Waals surface area (Å²) in [5.41, 5.74) is 0.718. The summed E-state index contributed by atoms with van der Waals surface area (Å²) in [6.07, 6.45) is 0.679. The maximum atomic E-state index is 13.7. The number of hydrogen-bond acceptors (Lipinski definition) is 5. The topological polar surface area (TPSA) is 76.1 Å². The molecule has 6 nitrogen and oxygen atoms in total. The smallest absolute Gasteiger partial charge is 0.270 e. The first-order chi connectivity index (χ1) is 11.5. The first kappa shape index (κ1) is 17.7. The second-order valence-corrected chi connectivity index (χ2v) is 5.07. The number of amides is 1. The van der Waals surface area contributed by atoms with Crippen molar-refractivity contribution in [2.45, 2.75) is 13.3 Å².